The monoisotopic (exact) mass is 379 g/mol. The van der Waals surface area contributed by atoms with Crippen molar-refractivity contribution in [2.45, 2.75) is 20.8 Å². The average Bonchev–Trinajstić information content (AvgIpc) is 2.65. The van der Waals surface area contributed by atoms with Crippen molar-refractivity contribution >= 4 is 22.6 Å². The molecule has 2 aromatic heterocycles. The van der Waals surface area contributed by atoms with Crippen LogP contribution in [0.25, 0.3) is 22.0 Å². The van der Waals surface area contributed by atoms with Gasteiger partial charge in [0, 0.05) is 29.9 Å². The lowest BCUT2D eigenvalue weighted by molar-refractivity contribution is -0.116. The molecule has 2 N–H and O–H groups in total. The average molecular weight is 379 g/mol. The van der Waals surface area contributed by atoms with Crippen LogP contribution >= 0.6 is 0 Å². The summed E-state index contributed by atoms with van der Waals surface area (Å²) >= 11 is 0. The van der Waals surface area contributed by atoms with Crippen LogP contribution in [0.1, 0.15) is 28.5 Å². The first-order valence-corrected chi connectivity index (χ1v) is 8.78. The first-order chi connectivity index (χ1) is 13.2. The molecule has 3 aromatic rings. The molecule has 0 aliphatic carbocycles. The third-order valence-electron chi connectivity index (χ3n) is 4.74. The lowest BCUT2D eigenvalue weighted by Gasteiger charge is -2.15. The van der Waals surface area contributed by atoms with Crippen molar-refractivity contribution in [3.05, 3.63) is 57.6 Å². The number of nitrogens with zero attached hydrogens (tertiary/aromatic N) is 2. The Balaban J connectivity index is 2.28. The van der Waals surface area contributed by atoms with Gasteiger partial charge in [-0.05, 0) is 50.1 Å². The molecule has 0 saturated carbocycles. The lowest BCUT2D eigenvalue weighted by atomic mass is 9.96. The highest BCUT2D eigenvalue weighted by Gasteiger charge is 2.22. The molecule has 0 fully saturated rings. The van der Waals surface area contributed by atoms with E-state index in [-0.39, 0.29) is 17.9 Å². The van der Waals surface area contributed by atoms with Crippen LogP contribution in [0, 0.1) is 13.8 Å². The summed E-state index contributed by atoms with van der Waals surface area (Å²) in [5.41, 5.74) is 2.98. The van der Waals surface area contributed by atoms with Crippen LogP contribution in [0.3, 0.4) is 0 Å². The molecule has 0 spiro atoms. The van der Waals surface area contributed by atoms with Gasteiger partial charge in [-0.15, -0.1) is 0 Å². The first-order valence-electron chi connectivity index (χ1n) is 8.78. The fraction of sp³-hybridized carbons (Fsp3) is 0.238. The number of ketones is 1. The molecule has 144 valence electrons. The van der Waals surface area contributed by atoms with Crippen molar-refractivity contribution in [2.75, 3.05) is 6.54 Å². The minimum atomic E-state index is -0.783. The summed E-state index contributed by atoms with van der Waals surface area (Å²) in [4.78, 5) is 40.5. The summed E-state index contributed by atoms with van der Waals surface area (Å²) in [5, 5.41) is 13.5. The Hall–Kier alpha value is -3.48. The molecule has 2 heterocycles. The number of carbonyl (C=O) groups is 2. The number of Topliss-reactive ketones (excluding diaryl/α,β-unsaturated/α-hetero) is 1. The van der Waals surface area contributed by atoms with Crippen molar-refractivity contribution in [3.8, 4) is 16.9 Å². The van der Waals surface area contributed by atoms with Crippen LogP contribution in [0.5, 0.6) is 5.75 Å². The molecule has 28 heavy (non-hydrogen) atoms. The largest absolute Gasteiger partial charge is 0.506 e. The number of carbonyl (C=O) groups excluding carboxylic acids is 2. The summed E-state index contributed by atoms with van der Waals surface area (Å²) < 4.78 is 1.32. The van der Waals surface area contributed by atoms with Crippen LogP contribution in [0.2, 0.25) is 0 Å². The zero-order chi connectivity index (χ0) is 20.6. The van der Waals surface area contributed by atoms with E-state index in [1.165, 1.54) is 11.5 Å². The highest BCUT2D eigenvalue weighted by atomic mass is 16.3. The Morgan fingerprint density at radius 2 is 1.93 bits per heavy atom. The van der Waals surface area contributed by atoms with Crippen LogP contribution in [0.15, 0.2) is 35.3 Å². The second-order valence-corrected chi connectivity index (χ2v) is 6.79. The Kier molecular flexibility index (Phi) is 5.00. The van der Waals surface area contributed by atoms with Gasteiger partial charge in [-0.2, -0.15) is 0 Å². The standard InChI is InChI=1S/C21H21N3O4/c1-11-8-17-16(9-15(11)14-6-5-7-22-13(14)3)19(26)18(21(28)24(17)4)20(27)23-10-12(2)25/h5-9,26H,10H2,1-4H3,(H,23,27). The molecule has 1 aromatic carbocycles. The maximum atomic E-state index is 12.7. The maximum absolute atomic E-state index is 12.7. The number of aromatic hydroxyl groups is 1. The van der Waals surface area contributed by atoms with Crippen LogP contribution in [-0.2, 0) is 11.8 Å². The van der Waals surface area contributed by atoms with Crippen molar-refractivity contribution in [1.29, 1.82) is 0 Å². The SMILES string of the molecule is CC(=O)CNC(=O)c1c(O)c2cc(-c3cccnc3C)c(C)cc2n(C)c1=O. The van der Waals surface area contributed by atoms with Gasteiger partial charge in [-0.3, -0.25) is 19.4 Å². The van der Waals surface area contributed by atoms with E-state index in [0.29, 0.717) is 10.9 Å². The van der Waals surface area contributed by atoms with Crippen molar-refractivity contribution in [2.24, 2.45) is 7.05 Å². The molecule has 1 amide bonds. The number of fused-ring (bicyclic) bond motifs is 1. The fourth-order valence-corrected chi connectivity index (χ4v) is 3.23. The molecule has 7 heteroatoms. The van der Waals surface area contributed by atoms with Gasteiger partial charge in [0.1, 0.15) is 17.1 Å². The lowest BCUT2D eigenvalue weighted by Crippen LogP contribution is -2.34. The molecular formula is C21H21N3O4. The van der Waals surface area contributed by atoms with Gasteiger partial charge >= 0.3 is 0 Å². The highest BCUT2D eigenvalue weighted by Crippen LogP contribution is 2.34. The Morgan fingerprint density at radius 1 is 1.21 bits per heavy atom. The van der Waals surface area contributed by atoms with E-state index in [2.05, 4.69) is 10.3 Å². The highest BCUT2D eigenvalue weighted by molar-refractivity contribution is 6.04. The van der Waals surface area contributed by atoms with E-state index >= 15 is 0 Å². The number of benzene rings is 1. The minimum absolute atomic E-state index is 0.215. The molecule has 0 bridgehead atoms. The topological polar surface area (TPSA) is 101 Å². The molecular weight excluding hydrogens is 358 g/mol. The van der Waals surface area contributed by atoms with Crippen molar-refractivity contribution in [1.82, 2.24) is 14.9 Å². The maximum Gasteiger partial charge on any atom is 0.267 e. The molecule has 0 unspecified atom stereocenters. The number of amides is 1. The van der Waals surface area contributed by atoms with Gasteiger partial charge in [-0.25, -0.2) is 0 Å². The van der Waals surface area contributed by atoms with Crippen molar-refractivity contribution < 1.29 is 14.7 Å². The van der Waals surface area contributed by atoms with Gasteiger partial charge in [0.05, 0.1) is 12.1 Å². The number of nitrogens with one attached hydrogen (secondary N) is 1. The van der Waals surface area contributed by atoms with Gasteiger partial charge in [0.25, 0.3) is 11.5 Å². The van der Waals surface area contributed by atoms with Gasteiger partial charge in [-0.1, -0.05) is 6.07 Å². The second kappa shape index (κ2) is 7.26. The zero-order valence-electron chi connectivity index (χ0n) is 16.2. The normalized spacial score (nSPS) is 10.9. The third kappa shape index (κ3) is 3.26. The number of hydrogen-bond acceptors (Lipinski definition) is 5. The van der Waals surface area contributed by atoms with Crippen molar-refractivity contribution in [3.63, 3.8) is 0 Å². The molecule has 3 rings (SSSR count). The quantitative estimate of drug-likeness (QED) is 0.724. The minimum Gasteiger partial charge on any atom is -0.506 e. The molecule has 0 atom stereocenters. The Labute approximate surface area is 161 Å². The van der Waals surface area contributed by atoms with E-state index in [4.69, 9.17) is 0 Å². The summed E-state index contributed by atoms with van der Waals surface area (Å²) in [5.74, 6) is -1.44. The number of aromatic nitrogens is 2. The summed E-state index contributed by atoms with van der Waals surface area (Å²) in [6.45, 7) is 4.91. The number of rotatable bonds is 4. The number of hydrogen-bond donors (Lipinski definition) is 2. The predicted molar refractivity (Wildman–Crippen MR) is 107 cm³/mol. The summed E-state index contributed by atoms with van der Waals surface area (Å²) in [6.07, 6.45) is 1.70. The Bertz CT molecular complexity index is 1180. The van der Waals surface area contributed by atoms with E-state index < -0.39 is 17.2 Å². The summed E-state index contributed by atoms with van der Waals surface area (Å²) in [6, 6.07) is 7.31. The molecule has 0 aliphatic rings. The van der Waals surface area contributed by atoms with Crippen LogP contribution < -0.4 is 10.9 Å². The fourth-order valence-electron chi connectivity index (χ4n) is 3.23. The third-order valence-corrected chi connectivity index (χ3v) is 4.74. The molecule has 0 saturated heterocycles. The van der Waals surface area contributed by atoms with Crippen LogP contribution in [0.4, 0.5) is 0 Å². The Morgan fingerprint density at radius 3 is 2.57 bits per heavy atom. The molecule has 7 nitrogen and oxygen atoms in total. The predicted octanol–water partition coefficient (Wildman–Crippen LogP) is 2.24. The van der Waals surface area contributed by atoms with Gasteiger partial charge in [0.2, 0.25) is 0 Å². The van der Waals surface area contributed by atoms with E-state index in [1.54, 1.807) is 25.4 Å². The van der Waals surface area contributed by atoms with Gasteiger partial charge < -0.3 is 15.0 Å². The van der Waals surface area contributed by atoms with Gasteiger partial charge in [0.15, 0.2) is 0 Å². The smallest absolute Gasteiger partial charge is 0.267 e. The number of aryl methyl sites for hydroxylation is 3. The molecule has 0 radical (unpaired) electrons. The van der Waals surface area contributed by atoms with E-state index in [9.17, 15) is 19.5 Å². The van der Waals surface area contributed by atoms with Crippen LogP contribution in [-0.4, -0.2) is 32.9 Å². The summed E-state index contributed by atoms with van der Waals surface area (Å²) in [7, 11) is 1.54. The zero-order valence-corrected chi connectivity index (χ0v) is 16.2. The molecule has 0 aliphatic heterocycles. The van der Waals surface area contributed by atoms with E-state index in [1.807, 2.05) is 26.0 Å². The first kappa shape index (κ1) is 19.3. The van der Waals surface area contributed by atoms with E-state index in [0.717, 1.165) is 22.4 Å². The number of pyridine rings is 2. The second-order valence-electron chi connectivity index (χ2n) is 6.79.